The second-order valence-electron chi connectivity index (χ2n) is 6.17. The third kappa shape index (κ3) is 4.59. The molecule has 1 rings (SSSR count). The highest BCUT2D eigenvalue weighted by Crippen LogP contribution is 2.20. The molecule has 0 aliphatic carbocycles. The Morgan fingerprint density at radius 1 is 1.42 bits per heavy atom. The third-order valence-corrected chi connectivity index (χ3v) is 3.29. The van der Waals surface area contributed by atoms with Gasteiger partial charge in [0.2, 0.25) is 0 Å². The van der Waals surface area contributed by atoms with Crippen molar-refractivity contribution in [3.8, 4) is 0 Å². The van der Waals surface area contributed by atoms with E-state index >= 15 is 0 Å². The molecule has 0 bridgehead atoms. The van der Waals surface area contributed by atoms with Crippen LogP contribution in [0.3, 0.4) is 0 Å². The van der Waals surface area contributed by atoms with E-state index in [-0.39, 0.29) is 24.0 Å². The Labute approximate surface area is 114 Å². The first-order valence-electron chi connectivity index (χ1n) is 6.43. The topological polar surface area (TPSA) is 74.5 Å². The van der Waals surface area contributed by atoms with Crippen LogP contribution in [-0.4, -0.2) is 23.7 Å². The van der Waals surface area contributed by atoms with Gasteiger partial charge in [0.1, 0.15) is 11.4 Å². The summed E-state index contributed by atoms with van der Waals surface area (Å²) in [6.45, 7) is 9.79. The van der Waals surface area contributed by atoms with E-state index in [1.807, 2.05) is 6.92 Å². The Hall–Kier alpha value is -1.49. The van der Waals surface area contributed by atoms with Crippen molar-refractivity contribution in [2.75, 3.05) is 6.54 Å². The maximum Gasteiger partial charge on any atom is 0.315 e. The van der Waals surface area contributed by atoms with Crippen molar-refractivity contribution >= 4 is 6.03 Å². The largest absolute Gasteiger partial charge is 0.466 e. The van der Waals surface area contributed by atoms with Crippen LogP contribution >= 0.6 is 0 Å². The maximum absolute atomic E-state index is 11.8. The van der Waals surface area contributed by atoms with Crippen molar-refractivity contribution in [3.63, 3.8) is 0 Å². The molecule has 2 atom stereocenters. The van der Waals surface area contributed by atoms with Gasteiger partial charge >= 0.3 is 6.03 Å². The lowest BCUT2D eigenvalue weighted by Crippen LogP contribution is -2.49. The Bertz CT molecular complexity index is 405. The van der Waals surface area contributed by atoms with Gasteiger partial charge < -0.3 is 20.2 Å². The minimum atomic E-state index is -1.22. The highest BCUT2D eigenvalue weighted by atomic mass is 16.4. The number of rotatable bonds is 4. The van der Waals surface area contributed by atoms with Crippen molar-refractivity contribution in [2.45, 2.75) is 46.3 Å². The first-order chi connectivity index (χ1) is 8.63. The first kappa shape index (κ1) is 15.6. The molecule has 0 unspecified atom stereocenters. The fourth-order valence-electron chi connectivity index (χ4n) is 1.39. The number of urea groups is 1. The molecule has 0 aliphatic heterocycles. The van der Waals surface area contributed by atoms with Gasteiger partial charge in [0.05, 0.1) is 12.8 Å². The van der Waals surface area contributed by atoms with Crippen LogP contribution in [0.5, 0.6) is 0 Å². The molecular formula is C14H24N2O3. The monoisotopic (exact) mass is 268 g/mol. The van der Waals surface area contributed by atoms with Crippen LogP contribution in [-0.2, 0) is 5.60 Å². The summed E-state index contributed by atoms with van der Waals surface area (Å²) in [6.07, 6.45) is 1.49. The van der Waals surface area contributed by atoms with E-state index in [4.69, 9.17) is 4.42 Å². The van der Waals surface area contributed by atoms with Crippen LogP contribution in [0.4, 0.5) is 4.79 Å². The maximum atomic E-state index is 11.8. The van der Waals surface area contributed by atoms with Crippen LogP contribution in [0.25, 0.3) is 0 Å². The molecule has 0 aliphatic rings. The lowest BCUT2D eigenvalue weighted by Gasteiger charge is -2.29. The summed E-state index contributed by atoms with van der Waals surface area (Å²) < 4.78 is 5.14. The average Bonchev–Trinajstić information content (AvgIpc) is 2.79. The summed E-state index contributed by atoms with van der Waals surface area (Å²) >= 11 is 0. The molecule has 5 nitrogen and oxygen atoms in total. The average molecular weight is 268 g/mol. The SMILES string of the molecule is C[C@H](NC(=O)NC[C@](C)(O)c1ccco1)C(C)(C)C. The summed E-state index contributed by atoms with van der Waals surface area (Å²) in [7, 11) is 0. The zero-order chi connectivity index (χ0) is 14.7. The van der Waals surface area contributed by atoms with Gasteiger partial charge in [-0.3, -0.25) is 0 Å². The molecule has 1 aromatic heterocycles. The van der Waals surface area contributed by atoms with E-state index < -0.39 is 5.60 Å². The zero-order valence-electron chi connectivity index (χ0n) is 12.3. The lowest BCUT2D eigenvalue weighted by molar-refractivity contribution is 0.0365. The Kier molecular flexibility index (Phi) is 4.63. The molecule has 0 fully saturated rings. The predicted octanol–water partition coefficient (Wildman–Crippen LogP) is 2.22. The highest BCUT2D eigenvalue weighted by molar-refractivity contribution is 5.74. The van der Waals surface area contributed by atoms with Gasteiger partial charge in [-0.2, -0.15) is 0 Å². The van der Waals surface area contributed by atoms with Gasteiger partial charge in [0, 0.05) is 6.04 Å². The van der Waals surface area contributed by atoms with E-state index in [1.165, 1.54) is 6.26 Å². The molecule has 0 aromatic carbocycles. The van der Waals surface area contributed by atoms with Gasteiger partial charge in [-0.25, -0.2) is 4.79 Å². The molecule has 0 radical (unpaired) electrons. The number of aliphatic hydroxyl groups is 1. The van der Waals surface area contributed by atoms with E-state index in [2.05, 4.69) is 31.4 Å². The summed E-state index contributed by atoms with van der Waals surface area (Å²) in [5.41, 5.74) is -1.23. The minimum absolute atomic E-state index is 0.0130. The normalized spacial score (nSPS) is 16.5. The number of carbonyl (C=O) groups excluding carboxylic acids is 1. The molecule has 1 aromatic rings. The second-order valence-corrected chi connectivity index (χ2v) is 6.17. The van der Waals surface area contributed by atoms with Crippen molar-refractivity contribution in [1.29, 1.82) is 0 Å². The van der Waals surface area contributed by atoms with E-state index in [0.29, 0.717) is 5.76 Å². The number of nitrogens with one attached hydrogen (secondary N) is 2. The first-order valence-corrected chi connectivity index (χ1v) is 6.43. The standard InChI is InChI=1S/C14H24N2O3/c1-10(13(2,3)4)16-12(17)15-9-14(5,18)11-7-6-8-19-11/h6-8,10,18H,9H2,1-5H3,(H2,15,16,17)/t10-,14-/m0/s1. The molecule has 0 saturated carbocycles. The summed E-state index contributed by atoms with van der Waals surface area (Å²) in [6, 6.07) is 3.11. The van der Waals surface area contributed by atoms with Crippen LogP contribution < -0.4 is 10.6 Å². The quantitative estimate of drug-likeness (QED) is 0.784. The molecule has 1 heterocycles. The number of hydrogen-bond acceptors (Lipinski definition) is 3. The summed E-state index contributed by atoms with van der Waals surface area (Å²) in [5, 5.41) is 15.7. The van der Waals surface area contributed by atoms with Crippen LogP contribution in [0.2, 0.25) is 0 Å². The van der Waals surface area contributed by atoms with E-state index in [9.17, 15) is 9.90 Å². The van der Waals surface area contributed by atoms with Crippen LogP contribution in [0.15, 0.2) is 22.8 Å². The van der Waals surface area contributed by atoms with Crippen molar-refractivity contribution in [2.24, 2.45) is 5.41 Å². The van der Waals surface area contributed by atoms with E-state index in [0.717, 1.165) is 0 Å². The smallest absolute Gasteiger partial charge is 0.315 e. The Balaban J connectivity index is 2.47. The number of hydrogen-bond donors (Lipinski definition) is 3. The summed E-state index contributed by atoms with van der Waals surface area (Å²) in [4.78, 5) is 11.8. The van der Waals surface area contributed by atoms with Gasteiger partial charge in [-0.1, -0.05) is 20.8 Å². The minimum Gasteiger partial charge on any atom is -0.466 e. The fraction of sp³-hybridized carbons (Fsp3) is 0.643. The molecule has 3 N–H and O–H groups in total. The van der Waals surface area contributed by atoms with E-state index in [1.54, 1.807) is 19.1 Å². The van der Waals surface area contributed by atoms with Crippen LogP contribution in [0.1, 0.15) is 40.4 Å². The van der Waals surface area contributed by atoms with Crippen molar-refractivity contribution in [3.05, 3.63) is 24.2 Å². The number of carbonyl (C=O) groups is 1. The van der Waals surface area contributed by atoms with Gasteiger partial charge in [-0.05, 0) is 31.4 Å². The molecule has 0 saturated heterocycles. The molecular weight excluding hydrogens is 244 g/mol. The molecule has 108 valence electrons. The molecule has 5 heteroatoms. The molecule has 2 amide bonds. The van der Waals surface area contributed by atoms with Crippen molar-refractivity contribution in [1.82, 2.24) is 10.6 Å². The number of furan rings is 1. The predicted molar refractivity (Wildman–Crippen MR) is 73.7 cm³/mol. The Morgan fingerprint density at radius 2 is 2.05 bits per heavy atom. The van der Waals surface area contributed by atoms with Crippen molar-refractivity contribution < 1.29 is 14.3 Å². The molecule has 0 spiro atoms. The summed E-state index contributed by atoms with van der Waals surface area (Å²) in [5.74, 6) is 0.427. The zero-order valence-corrected chi connectivity index (χ0v) is 12.3. The lowest BCUT2D eigenvalue weighted by atomic mass is 9.88. The van der Waals surface area contributed by atoms with Gasteiger partial charge in [0.25, 0.3) is 0 Å². The highest BCUT2D eigenvalue weighted by Gasteiger charge is 2.27. The molecule has 19 heavy (non-hydrogen) atoms. The second kappa shape index (κ2) is 5.65. The van der Waals surface area contributed by atoms with Gasteiger partial charge in [0.15, 0.2) is 0 Å². The van der Waals surface area contributed by atoms with Crippen LogP contribution in [0, 0.1) is 5.41 Å². The number of amides is 2. The Morgan fingerprint density at radius 3 is 2.53 bits per heavy atom. The third-order valence-electron chi connectivity index (χ3n) is 3.29. The van der Waals surface area contributed by atoms with Gasteiger partial charge in [-0.15, -0.1) is 0 Å². The fourth-order valence-corrected chi connectivity index (χ4v) is 1.39.